The van der Waals surface area contributed by atoms with Crippen molar-refractivity contribution in [2.45, 2.75) is 32.7 Å². The molecule has 0 aromatic carbocycles. The second-order valence-electron chi connectivity index (χ2n) is 4.08. The molecule has 0 aliphatic carbocycles. The van der Waals surface area contributed by atoms with Gasteiger partial charge in [0.15, 0.2) is 0 Å². The topological polar surface area (TPSA) is 71.5 Å². The van der Waals surface area contributed by atoms with E-state index in [-0.39, 0.29) is 18.6 Å². The Kier molecular flexibility index (Phi) is 5.58. The van der Waals surface area contributed by atoms with Crippen LogP contribution in [-0.2, 0) is 4.74 Å². The lowest BCUT2D eigenvalue weighted by Crippen LogP contribution is -2.21. The third-order valence-electron chi connectivity index (χ3n) is 2.81. The van der Waals surface area contributed by atoms with E-state index in [1.165, 1.54) is 7.11 Å². The molecule has 0 amide bonds. The highest BCUT2D eigenvalue weighted by Gasteiger charge is 2.12. The molecule has 1 atom stereocenters. The van der Waals surface area contributed by atoms with Gasteiger partial charge >= 0.3 is 5.97 Å². The Hall–Kier alpha value is -1.62. The van der Waals surface area contributed by atoms with Crippen molar-refractivity contribution < 1.29 is 14.6 Å². The number of methoxy groups -OCH3 is 1. The number of carbonyl (C=O) groups excluding carboxylic acids is 1. The first-order valence-corrected chi connectivity index (χ1v) is 6.05. The van der Waals surface area contributed by atoms with Gasteiger partial charge in [-0.15, -0.1) is 0 Å². The van der Waals surface area contributed by atoms with Gasteiger partial charge in [0.1, 0.15) is 5.82 Å². The first kappa shape index (κ1) is 14.4. The summed E-state index contributed by atoms with van der Waals surface area (Å²) in [6, 6.07) is 3.63. The van der Waals surface area contributed by atoms with E-state index in [4.69, 9.17) is 5.11 Å². The maximum Gasteiger partial charge on any atom is 0.339 e. The number of aromatic nitrogens is 1. The number of carbonyl (C=O) groups is 1. The summed E-state index contributed by atoms with van der Waals surface area (Å²) >= 11 is 0. The van der Waals surface area contributed by atoms with Crippen LogP contribution in [0.2, 0.25) is 0 Å². The van der Waals surface area contributed by atoms with Gasteiger partial charge in [-0.05, 0) is 31.9 Å². The van der Waals surface area contributed by atoms with Gasteiger partial charge in [-0.25, -0.2) is 9.78 Å². The smallest absolute Gasteiger partial charge is 0.339 e. The van der Waals surface area contributed by atoms with E-state index in [9.17, 15) is 4.79 Å². The van der Waals surface area contributed by atoms with Crippen LogP contribution in [-0.4, -0.2) is 35.8 Å². The Bertz CT molecular complexity index is 407. The summed E-state index contributed by atoms with van der Waals surface area (Å²) in [7, 11) is 1.35. The zero-order valence-corrected chi connectivity index (χ0v) is 11.1. The Morgan fingerprint density at radius 2 is 2.28 bits per heavy atom. The van der Waals surface area contributed by atoms with Crippen LogP contribution in [0.25, 0.3) is 0 Å². The number of aryl methyl sites for hydroxylation is 1. The third kappa shape index (κ3) is 3.70. The number of pyridine rings is 1. The second kappa shape index (κ2) is 6.96. The van der Waals surface area contributed by atoms with E-state index in [0.717, 1.165) is 6.42 Å². The predicted molar refractivity (Wildman–Crippen MR) is 69.7 cm³/mol. The number of anilines is 1. The molecule has 0 saturated heterocycles. The lowest BCUT2D eigenvalue weighted by molar-refractivity contribution is 0.0599. The molecule has 1 unspecified atom stereocenters. The van der Waals surface area contributed by atoms with E-state index in [0.29, 0.717) is 23.5 Å². The lowest BCUT2D eigenvalue weighted by atomic mass is 10.1. The van der Waals surface area contributed by atoms with Crippen LogP contribution in [0, 0.1) is 6.92 Å². The van der Waals surface area contributed by atoms with Gasteiger partial charge in [0.05, 0.1) is 18.4 Å². The summed E-state index contributed by atoms with van der Waals surface area (Å²) in [6.07, 6.45) is 1.58. The number of nitrogens with zero attached hydrogens (tertiary/aromatic N) is 1. The molecule has 0 saturated carbocycles. The molecule has 1 aromatic heterocycles. The number of hydrogen-bond acceptors (Lipinski definition) is 5. The molecule has 0 spiro atoms. The number of esters is 1. The Balaban J connectivity index is 2.80. The minimum atomic E-state index is -0.381. The molecule has 1 heterocycles. The largest absolute Gasteiger partial charge is 0.465 e. The first-order valence-electron chi connectivity index (χ1n) is 6.05. The van der Waals surface area contributed by atoms with E-state index < -0.39 is 0 Å². The van der Waals surface area contributed by atoms with Crippen molar-refractivity contribution in [3.05, 3.63) is 23.4 Å². The molecular weight excluding hydrogens is 232 g/mol. The molecule has 0 aliphatic heterocycles. The molecule has 0 aliphatic rings. The second-order valence-corrected chi connectivity index (χ2v) is 4.08. The highest BCUT2D eigenvalue weighted by molar-refractivity contribution is 5.90. The number of hydrogen-bond donors (Lipinski definition) is 2. The number of ether oxygens (including phenoxy) is 1. The maximum absolute atomic E-state index is 11.4. The van der Waals surface area contributed by atoms with E-state index in [2.05, 4.69) is 15.0 Å². The fraction of sp³-hybridized carbons (Fsp3) is 0.538. The van der Waals surface area contributed by atoms with E-state index >= 15 is 0 Å². The molecule has 5 heteroatoms. The average Bonchev–Trinajstić information content (AvgIpc) is 2.37. The first-order chi connectivity index (χ1) is 8.62. The summed E-state index contributed by atoms with van der Waals surface area (Å²) in [4.78, 5) is 15.7. The van der Waals surface area contributed by atoms with Crippen molar-refractivity contribution >= 4 is 11.8 Å². The maximum atomic E-state index is 11.4. The lowest BCUT2D eigenvalue weighted by Gasteiger charge is -2.17. The summed E-state index contributed by atoms with van der Waals surface area (Å²) in [6.45, 7) is 3.96. The minimum absolute atomic E-state index is 0.144. The Morgan fingerprint density at radius 1 is 1.56 bits per heavy atom. The molecule has 18 heavy (non-hydrogen) atoms. The standard InChI is InChI=1S/C13H20N2O3/c1-4-10(7-8-16)15-12-6-5-11(9(2)14-12)13(17)18-3/h5-6,10,16H,4,7-8H2,1-3H3,(H,14,15). The fourth-order valence-electron chi connectivity index (χ4n) is 1.71. The quantitative estimate of drug-likeness (QED) is 0.755. The van der Waals surface area contributed by atoms with Crippen LogP contribution >= 0.6 is 0 Å². The molecule has 0 radical (unpaired) electrons. The van der Waals surface area contributed by atoms with Crippen molar-refractivity contribution in [2.24, 2.45) is 0 Å². The van der Waals surface area contributed by atoms with Gasteiger partial charge in [-0.1, -0.05) is 6.92 Å². The SMILES string of the molecule is CCC(CCO)Nc1ccc(C(=O)OC)c(C)n1. The van der Waals surface area contributed by atoms with Crippen LogP contribution in [0.4, 0.5) is 5.82 Å². The van der Waals surface area contributed by atoms with Crippen LogP contribution < -0.4 is 5.32 Å². The van der Waals surface area contributed by atoms with Crippen LogP contribution in [0.1, 0.15) is 35.8 Å². The predicted octanol–water partition coefficient (Wildman–Crippen LogP) is 1.75. The van der Waals surface area contributed by atoms with Crippen molar-refractivity contribution in [3.8, 4) is 0 Å². The minimum Gasteiger partial charge on any atom is -0.465 e. The molecule has 1 rings (SSSR count). The van der Waals surface area contributed by atoms with Gasteiger partial charge < -0.3 is 15.2 Å². The number of nitrogens with one attached hydrogen (secondary N) is 1. The Morgan fingerprint density at radius 3 is 2.78 bits per heavy atom. The molecular formula is C13H20N2O3. The normalized spacial score (nSPS) is 12.0. The summed E-state index contributed by atoms with van der Waals surface area (Å²) < 4.78 is 4.67. The number of aliphatic hydroxyl groups is 1. The molecule has 2 N–H and O–H groups in total. The van der Waals surface area contributed by atoms with Crippen LogP contribution in [0.5, 0.6) is 0 Å². The highest BCUT2D eigenvalue weighted by atomic mass is 16.5. The van der Waals surface area contributed by atoms with Crippen LogP contribution in [0.15, 0.2) is 12.1 Å². The van der Waals surface area contributed by atoms with Gasteiger partial charge in [0.2, 0.25) is 0 Å². The van der Waals surface area contributed by atoms with Crippen molar-refractivity contribution in [3.63, 3.8) is 0 Å². The zero-order chi connectivity index (χ0) is 13.5. The Labute approximate surface area is 107 Å². The van der Waals surface area contributed by atoms with Crippen molar-refractivity contribution in [1.82, 2.24) is 4.98 Å². The molecule has 5 nitrogen and oxygen atoms in total. The van der Waals surface area contributed by atoms with Crippen molar-refractivity contribution in [2.75, 3.05) is 19.0 Å². The van der Waals surface area contributed by atoms with E-state index in [1.54, 1.807) is 19.1 Å². The number of aliphatic hydroxyl groups excluding tert-OH is 1. The summed E-state index contributed by atoms with van der Waals surface area (Å²) in [5, 5.41) is 12.2. The molecule has 1 aromatic rings. The molecule has 0 fully saturated rings. The molecule has 0 bridgehead atoms. The summed E-state index contributed by atoms with van der Waals surface area (Å²) in [5.74, 6) is 0.328. The third-order valence-corrected chi connectivity index (χ3v) is 2.81. The molecule has 100 valence electrons. The van der Waals surface area contributed by atoms with Crippen LogP contribution in [0.3, 0.4) is 0 Å². The number of rotatable bonds is 6. The van der Waals surface area contributed by atoms with E-state index in [1.807, 2.05) is 6.92 Å². The van der Waals surface area contributed by atoms with Gasteiger partial charge in [-0.3, -0.25) is 0 Å². The van der Waals surface area contributed by atoms with Crippen molar-refractivity contribution in [1.29, 1.82) is 0 Å². The monoisotopic (exact) mass is 252 g/mol. The van der Waals surface area contributed by atoms with Gasteiger partial charge in [0.25, 0.3) is 0 Å². The average molecular weight is 252 g/mol. The summed E-state index contributed by atoms with van der Waals surface area (Å²) in [5.41, 5.74) is 1.10. The fourth-order valence-corrected chi connectivity index (χ4v) is 1.71. The zero-order valence-electron chi connectivity index (χ0n) is 11.1. The van der Waals surface area contributed by atoms with Gasteiger partial charge in [-0.2, -0.15) is 0 Å². The highest BCUT2D eigenvalue weighted by Crippen LogP contribution is 2.14. The van der Waals surface area contributed by atoms with Gasteiger partial charge in [0, 0.05) is 12.6 Å².